The monoisotopic (exact) mass is 269 g/mol. The van der Waals surface area contributed by atoms with Gasteiger partial charge in [-0.25, -0.2) is 0 Å². The minimum Gasteiger partial charge on any atom is -0.481 e. The Morgan fingerprint density at radius 3 is 3.05 bits per heavy atom. The molecule has 2 heterocycles. The number of hydrogen-bond donors (Lipinski definition) is 1. The second-order valence-corrected chi connectivity index (χ2v) is 4.67. The molecule has 1 aromatic heterocycles. The first-order valence-electron chi connectivity index (χ1n) is 6.45. The summed E-state index contributed by atoms with van der Waals surface area (Å²) in [6.07, 6.45) is 4.31. The molecular formula is C15H15N3O2. The van der Waals surface area contributed by atoms with Gasteiger partial charge in [0.15, 0.2) is 6.61 Å². The highest BCUT2D eigenvalue weighted by atomic mass is 16.5. The Labute approximate surface area is 117 Å². The van der Waals surface area contributed by atoms with E-state index in [0.29, 0.717) is 18.0 Å². The molecule has 0 bridgehead atoms. The number of benzene rings is 1. The lowest BCUT2D eigenvalue weighted by Crippen LogP contribution is -2.40. The maximum atomic E-state index is 12.0. The lowest BCUT2D eigenvalue weighted by atomic mass is 10.1. The molecule has 0 unspecified atom stereocenters. The highest BCUT2D eigenvalue weighted by molar-refractivity contribution is 5.98. The molecule has 1 aliphatic rings. The van der Waals surface area contributed by atoms with Crippen LogP contribution in [0.5, 0.6) is 5.75 Å². The van der Waals surface area contributed by atoms with Crippen LogP contribution in [0.1, 0.15) is 5.56 Å². The molecule has 0 saturated heterocycles. The maximum absolute atomic E-state index is 12.0. The van der Waals surface area contributed by atoms with Crippen LogP contribution in [0.2, 0.25) is 0 Å². The number of nitrogens with zero attached hydrogens (tertiary/aromatic N) is 2. The van der Waals surface area contributed by atoms with Gasteiger partial charge in [0.25, 0.3) is 5.91 Å². The van der Waals surface area contributed by atoms with E-state index in [1.54, 1.807) is 23.2 Å². The van der Waals surface area contributed by atoms with Crippen LogP contribution in [0.4, 0.5) is 11.4 Å². The van der Waals surface area contributed by atoms with E-state index in [4.69, 9.17) is 10.5 Å². The maximum Gasteiger partial charge on any atom is 0.265 e. The first-order chi connectivity index (χ1) is 9.74. The van der Waals surface area contributed by atoms with E-state index in [1.807, 2.05) is 24.4 Å². The zero-order valence-corrected chi connectivity index (χ0v) is 11.0. The van der Waals surface area contributed by atoms with E-state index < -0.39 is 0 Å². The van der Waals surface area contributed by atoms with Crippen molar-refractivity contribution in [1.82, 2.24) is 4.98 Å². The SMILES string of the molecule is Nc1ccc2c(c1)OCC(=O)N2CCc1cccnc1. The highest BCUT2D eigenvalue weighted by Gasteiger charge is 2.25. The summed E-state index contributed by atoms with van der Waals surface area (Å²) < 4.78 is 5.42. The number of nitrogens with two attached hydrogens (primary N) is 1. The molecule has 5 nitrogen and oxygen atoms in total. The summed E-state index contributed by atoms with van der Waals surface area (Å²) in [6, 6.07) is 9.24. The zero-order valence-electron chi connectivity index (χ0n) is 11.0. The summed E-state index contributed by atoms with van der Waals surface area (Å²) in [4.78, 5) is 17.8. The second kappa shape index (κ2) is 5.21. The smallest absolute Gasteiger partial charge is 0.265 e. The molecule has 0 saturated carbocycles. The molecule has 0 aliphatic carbocycles. The molecule has 0 spiro atoms. The van der Waals surface area contributed by atoms with Gasteiger partial charge in [-0.1, -0.05) is 6.07 Å². The van der Waals surface area contributed by atoms with Gasteiger partial charge in [-0.2, -0.15) is 0 Å². The summed E-state index contributed by atoms with van der Waals surface area (Å²) in [5, 5.41) is 0. The van der Waals surface area contributed by atoms with Gasteiger partial charge in [0.05, 0.1) is 5.69 Å². The standard InChI is InChI=1S/C15H15N3O2/c16-12-3-4-13-14(8-12)20-10-15(19)18(13)7-5-11-2-1-6-17-9-11/h1-4,6,8-9H,5,7,10,16H2. The van der Waals surface area contributed by atoms with E-state index in [9.17, 15) is 4.79 Å². The quantitative estimate of drug-likeness (QED) is 0.860. The Morgan fingerprint density at radius 2 is 2.25 bits per heavy atom. The van der Waals surface area contributed by atoms with Crippen molar-refractivity contribution in [1.29, 1.82) is 0 Å². The van der Waals surface area contributed by atoms with E-state index in [-0.39, 0.29) is 12.5 Å². The number of hydrogen-bond acceptors (Lipinski definition) is 4. The van der Waals surface area contributed by atoms with Crippen LogP contribution < -0.4 is 15.4 Å². The number of carbonyl (C=O) groups excluding carboxylic acids is 1. The molecule has 0 fully saturated rings. The fourth-order valence-corrected chi connectivity index (χ4v) is 2.25. The Bertz CT molecular complexity index is 628. The Morgan fingerprint density at radius 1 is 1.35 bits per heavy atom. The van der Waals surface area contributed by atoms with Crippen LogP contribution in [-0.2, 0) is 11.2 Å². The van der Waals surface area contributed by atoms with Gasteiger partial charge < -0.3 is 15.4 Å². The number of aromatic nitrogens is 1. The third kappa shape index (κ3) is 2.42. The average Bonchev–Trinajstić information content (AvgIpc) is 2.47. The van der Waals surface area contributed by atoms with Gasteiger partial charge in [0.1, 0.15) is 5.75 Å². The normalized spacial score (nSPS) is 13.8. The van der Waals surface area contributed by atoms with Crippen molar-refractivity contribution in [3.8, 4) is 5.75 Å². The van der Waals surface area contributed by atoms with Crippen LogP contribution in [0.3, 0.4) is 0 Å². The number of pyridine rings is 1. The van der Waals surface area contributed by atoms with E-state index >= 15 is 0 Å². The fraction of sp³-hybridized carbons (Fsp3) is 0.200. The zero-order chi connectivity index (χ0) is 13.9. The second-order valence-electron chi connectivity index (χ2n) is 4.67. The molecule has 1 aliphatic heterocycles. The number of carbonyl (C=O) groups is 1. The van der Waals surface area contributed by atoms with E-state index in [1.165, 1.54) is 0 Å². The summed E-state index contributed by atoms with van der Waals surface area (Å²) >= 11 is 0. The van der Waals surface area contributed by atoms with Crippen molar-refractivity contribution in [3.63, 3.8) is 0 Å². The van der Waals surface area contributed by atoms with Crippen LogP contribution in [0.25, 0.3) is 0 Å². The van der Waals surface area contributed by atoms with Gasteiger partial charge >= 0.3 is 0 Å². The van der Waals surface area contributed by atoms with E-state index in [0.717, 1.165) is 17.7 Å². The molecule has 0 atom stereocenters. The molecule has 3 rings (SSSR count). The number of anilines is 2. The van der Waals surface area contributed by atoms with Crippen molar-refractivity contribution < 1.29 is 9.53 Å². The summed E-state index contributed by atoms with van der Waals surface area (Å²) in [7, 11) is 0. The minimum atomic E-state index is -0.0360. The number of ether oxygens (including phenoxy) is 1. The topological polar surface area (TPSA) is 68.5 Å². The van der Waals surface area contributed by atoms with Gasteiger partial charge in [0, 0.05) is 30.7 Å². The predicted molar refractivity (Wildman–Crippen MR) is 76.6 cm³/mol. The Kier molecular flexibility index (Phi) is 3.25. The van der Waals surface area contributed by atoms with Crippen molar-refractivity contribution in [2.75, 3.05) is 23.8 Å². The summed E-state index contributed by atoms with van der Waals surface area (Å²) in [5.41, 5.74) is 8.24. The first kappa shape index (κ1) is 12.5. The number of nitrogen functional groups attached to an aromatic ring is 1. The molecule has 0 radical (unpaired) electrons. The molecule has 1 amide bonds. The third-order valence-corrected chi connectivity index (χ3v) is 3.27. The summed E-state index contributed by atoms with van der Waals surface area (Å²) in [6.45, 7) is 0.661. The Balaban J connectivity index is 1.81. The molecule has 2 aromatic rings. The van der Waals surface area contributed by atoms with Crippen molar-refractivity contribution in [2.24, 2.45) is 0 Å². The molecule has 5 heteroatoms. The summed E-state index contributed by atoms with van der Waals surface area (Å²) in [5.74, 6) is 0.627. The molecule has 102 valence electrons. The van der Waals surface area contributed by atoms with Gasteiger partial charge in [0.2, 0.25) is 0 Å². The van der Waals surface area contributed by atoms with E-state index in [2.05, 4.69) is 4.98 Å². The van der Waals surface area contributed by atoms with Crippen LogP contribution >= 0.6 is 0 Å². The number of rotatable bonds is 3. The lowest BCUT2D eigenvalue weighted by Gasteiger charge is -2.29. The average molecular weight is 269 g/mol. The molecule has 20 heavy (non-hydrogen) atoms. The van der Waals surface area contributed by atoms with Gasteiger partial charge in [-0.15, -0.1) is 0 Å². The number of amides is 1. The first-order valence-corrected chi connectivity index (χ1v) is 6.45. The molecule has 2 N–H and O–H groups in total. The molecular weight excluding hydrogens is 254 g/mol. The van der Waals surface area contributed by atoms with Crippen LogP contribution in [0.15, 0.2) is 42.7 Å². The van der Waals surface area contributed by atoms with Crippen molar-refractivity contribution in [3.05, 3.63) is 48.3 Å². The Hall–Kier alpha value is -2.56. The lowest BCUT2D eigenvalue weighted by molar-refractivity contribution is -0.121. The van der Waals surface area contributed by atoms with Crippen molar-refractivity contribution in [2.45, 2.75) is 6.42 Å². The predicted octanol–water partition coefficient (Wildman–Crippen LogP) is 1.63. The van der Waals surface area contributed by atoms with Crippen molar-refractivity contribution >= 4 is 17.3 Å². The third-order valence-electron chi connectivity index (χ3n) is 3.27. The van der Waals surface area contributed by atoms with Crippen LogP contribution in [-0.4, -0.2) is 24.0 Å². The van der Waals surface area contributed by atoms with Gasteiger partial charge in [-0.3, -0.25) is 9.78 Å². The van der Waals surface area contributed by atoms with Crippen LogP contribution in [0, 0.1) is 0 Å². The number of fused-ring (bicyclic) bond motifs is 1. The highest BCUT2D eigenvalue weighted by Crippen LogP contribution is 2.33. The van der Waals surface area contributed by atoms with Gasteiger partial charge in [-0.05, 0) is 30.2 Å². The fourth-order valence-electron chi connectivity index (χ4n) is 2.25. The minimum absolute atomic E-state index is 0.0360. The molecule has 1 aromatic carbocycles. The largest absolute Gasteiger partial charge is 0.481 e.